The van der Waals surface area contributed by atoms with E-state index in [4.69, 9.17) is 5.73 Å². The highest BCUT2D eigenvalue weighted by atomic mass is 16.2. The van der Waals surface area contributed by atoms with Gasteiger partial charge in [0.1, 0.15) is 6.04 Å². The van der Waals surface area contributed by atoms with E-state index in [1.165, 1.54) is 12.8 Å². The molecule has 3 amide bonds. The number of nitrogens with one attached hydrogen (secondary N) is 1. The molecule has 2 atom stereocenters. The lowest BCUT2D eigenvalue weighted by atomic mass is 9.85. The van der Waals surface area contributed by atoms with E-state index in [1.807, 2.05) is 9.80 Å². The summed E-state index contributed by atoms with van der Waals surface area (Å²) < 4.78 is 0. The molecule has 0 aromatic carbocycles. The van der Waals surface area contributed by atoms with Crippen LogP contribution in [0.15, 0.2) is 0 Å². The Morgan fingerprint density at radius 3 is 2.31 bits per heavy atom. The molecule has 0 bridgehead atoms. The number of nitrogens with zero attached hydrogens (tertiary/aromatic N) is 2. The Balaban J connectivity index is 1.68. The molecule has 7 heteroatoms. The van der Waals surface area contributed by atoms with Gasteiger partial charge in [-0.05, 0) is 42.9 Å². The van der Waals surface area contributed by atoms with Crippen molar-refractivity contribution in [1.82, 2.24) is 15.1 Å². The van der Waals surface area contributed by atoms with Crippen molar-refractivity contribution in [1.29, 1.82) is 0 Å². The second kappa shape index (κ2) is 9.02. The molecule has 2 heterocycles. The number of piperazine rings is 1. The smallest absolute Gasteiger partial charge is 0.245 e. The van der Waals surface area contributed by atoms with Crippen LogP contribution in [0.2, 0.25) is 0 Å². The minimum atomic E-state index is -0.404. The number of amides is 3. The van der Waals surface area contributed by atoms with Crippen LogP contribution in [-0.4, -0.2) is 65.8 Å². The van der Waals surface area contributed by atoms with E-state index in [1.54, 1.807) is 0 Å². The SMILES string of the molecule is CC(C)(C)CC(C(=O)N1CCC(CC(N)=O)CC1)N1CCN[C@@H](CC2CC2)C1=O. The van der Waals surface area contributed by atoms with Crippen molar-refractivity contribution >= 4 is 17.7 Å². The lowest BCUT2D eigenvalue weighted by Crippen LogP contribution is -2.62. The van der Waals surface area contributed by atoms with Crippen LogP contribution in [0.4, 0.5) is 0 Å². The molecule has 0 aromatic heterocycles. The van der Waals surface area contributed by atoms with Gasteiger partial charge in [0.05, 0.1) is 6.04 Å². The van der Waals surface area contributed by atoms with Gasteiger partial charge in [0.25, 0.3) is 0 Å². The molecular weight excluding hydrogens is 368 g/mol. The Kier molecular flexibility index (Phi) is 6.87. The molecule has 1 aliphatic carbocycles. The van der Waals surface area contributed by atoms with E-state index in [9.17, 15) is 14.4 Å². The fourth-order valence-corrected chi connectivity index (χ4v) is 4.70. The quantitative estimate of drug-likeness (QED) is 0.670. The van der Waals surface area contributed by atoms with Crippen LogP contribution in [0.1, 0.15) is 65.7 Å². The zero-order valence-corrected chi connectivity index (χ0v) is 18.3. The molecule has 0 radical (unpaired) electrons. The van der Waals surface area contributed by atoms with Gasteiger partial charge >= 0.3 is 0 Å². The summed E-state index contributed by atoms with van der Waals surface area (Å²) in [6.07, 6.45) is 5.99. The molecule has 0 aromatic rings. The Bertz CT molecular complexity index is 618. The average Bonchev–Trinajstić information content (AvgIpc) is 3.45. The van der Waals surface area contributed by atoms with Crippen LogP contribution >= 0.6 is 0 Å². The normalized spacial score (nSPS) is 25.2. The minimum Gasteiger partial charge on any atom is -0.370 e. The molecule has 7 nitrogen and oxygen atoms in total. The summed E-state index contributed by atoms with van der Waals surface area (Å²) in [7, 11) is 0. The van der Waals surface area contributed by atoms with Gasteiger partial charge in [-0.25, -0.2) is 0 Å². The Morgan fingerprint density at radius 1 is 1.10 bits per heavy atom. The van der Waals surface area contributed by atoms with Gasteiger partial charge in [0.2, 0.25) is 17.7 Å². The van der Waals surface area contributed by atoms with Crippen molar-refractivity contribution in [3.63, 3.8) is 0 Å². The van der Waals surface area contributed by atoms with Gasteiger partial charge in [0, 0.05) is 32.6 Å². The molecule has 3 fully saturated rings. The molecule has 1 unspecified atom stereocenters. The van der Waals surface area contributed by atoms with Gasteiger partial charge in [-0.3, -0.25) is 14.4 Å². The summed E-state index contributed by atoms with van der Waals surface area (Å²) in [4.78, 5) is 41.7. The minimum absolute atomic E-state index is 0.0538. The molecule has 3 N–H and O–H groups in total. The molecule has 1 saturated carbocycles. The van der Waals surface area contributed by atoms with Crippen molar-refractivity contribution in [3.8, 4) is 0 Å². The summed E-state index contributed by atoms with van der Waals surface area (Å²) in [5.74, 6) is 0.819. The molecule has 3 rings (SSSR count). The predicted molar refractivity (Wildman–Crippen MR) is 112 cm³/mol. The number of hydrogen-bond donors (Lipinski definition) is 2. The maximum atomic E-state index is 13.5. The van der Waals surface area contributed by atoms with E-state index < -0.39 is 6.04 Å². The molecule has 164 valence electrons. The first-order valence-corrected chi connectivity index (χ1v) is 11.2. The number of rotatable bonds is 7. The number of carbonyl (C=O) groups is 3. The molecule has 0 spiro atoms. The van der Waals surface area contributed by atoms with E-state index in [-0.39, 0.29) is 35.1 Å². The number of hydrogen-bond acceptors (Lipinski definition) is 4. The maximum absolute atomic E-state index is 13.5. The first-order chi connectivity index (χ1) is 13.6. The third-order valence-electron chi connectivity index (χ3n) is 6.47. The lowest BCUT2D eigenvalue weighted by molar-refractivity contribution is -0.151. The second-order valence-electron chi connectivity index (χ2n) is 10.4. The summed E-state index contributed by atoms with van der Waals surface area (Å²) in [5, 5.41) is 3.37. The number of piperidine rings is 1. The molecular formula is C22H38N4O3. The van der Waals surface area contributed by atoms with Gasteiger partial charge in [-0.1, -0.05) is 33.6 Å². The fraction of sp³-hybridized carbons (Fsp3) is 0.864. The van der Waals surface area contributed by atoms with Crippen molar-refractivity contribution in [2.45, 2.75) is 77.8 Å². The third kappa shape index (κ3) is 6.17. The van der Waals surface area contributed by atoms with E-state index in [0.717, 1.165) is 25.8 Å². The predicted octanol–water partition coefficient (Wildman–Crippen LogP) is 1.51. The topological polar surface area (TPSA) is 95.7 Å². The van der Waals surface area contributed by atoms with E-state index in [0.29, 0.717) is 38.4 Å². The van der Waals surface area contributed by atoms with E-state index in [2.05, 4.69) is 26.1 Å². The van der Waals surface area contributed by atoms with Crippen LogP contribution in [0, 0.1) is 17.3 Å². The van der Waals surface area contributed by atoms with Gasteiger partial charge in [-0.15, -0.1) is 0 Å². The van der Waals surface area contributed by atoms with Crippen molar-refractivity contribution < 1.29 is 14.4 Å². The first-order valence-electron chi connectivity index (χ1n) is 11.2. The number of carbonyl (C=O) groups excluding carboxylic acids is 3. The van der Waals surface area contributed by atoms with Gasteiger partial charge in [0.15, 0.2) is 0 Å². The summed E-state index contributed by atoms with van der Waals surface area (Å²) in [6, 6.07) is -0.549. The van der Waals surface area contributed by atoms with Crippen molar-refractivity contribution in [2.75, 3.05) is 26.2 Å². The zero-order valence-electron chi connectivity index (χ0n) is 18.3. The average molecular weight is 407 g/mol. The number of primary amides is 1. The van der Waals surface area contributed by atoms with Crippen LogP contribution in [0.5, 0.6) is 0 Å². The summed E-state index contributed by atoms with van der Waals surface area (Å²) in [5.41, 5.74) is 5.28. The first kappa shape index (κ1) is 22.1. The van der Waals surface area contributed by atoms with E-state index >= 15 is 0 Å². The molecule has 2 aliphatic heterocycles. The molecule has 29 heavy (non-hydrogen) atoms. The van der Waals surface area contributed by atoms with Gasteiger partial charge in [-0.2, -0.15) is 0 Å². The van der Waals surface area contributed by atoms with Gasteiger partial charge < -0.3 is 20.9 Å². The largest absolute Gasteiger partial charge is 0.370 e. The highest BCUT2D eigenvalue weighted by Gasteiger charge is 2.41. The highest BCUT2D eigenvalue weighted by Crippen LogP contribution is 2.35. The van der Waals surface area contributed by atoms with Crippen LogP contribution in [0.3, 0.4) is 0 Å². The van der Waals surface area contributed by atoms with Crippen molar-refractivity contribution in [3.05, 3.63) is 0 Å². The molecule has 3 aliphatic rings. The summed E-state index contributed by atoms with van der Waals surface area (Å²) in [6.45, 7) is 9.00. The Labute approximate surface area is 174 Å². The number of likely N-dealkylation sites (tertiary alicyclic amines) is 1. The maximum Gasteiger partial charge on any atom is 0.245 e. The standard InChI is InChI=1S/C22H38N4O3/c1-22(2,3)14-18(21(29)25-9-6-16(7-10-25)13-19(23)27)26-11-8-24-17(20(26)28)12-15-4-5-15/h15-18,24H,4-14H2,1-3H3,(H2,23,27)/t17-,18?/m0/s1. The Hall–Kier alpha value is -1.63. The monoisotopic (exact) mass is 406 g/mol. The highest BCUT2D eigenvalue weighted by molar-refractivity contribution is 5.90. The van der Waals surface area contributed by atoms with Crippen LogP contribution < -0.4 is 11.1 Å². The second-order valence-corrected chi connectivity index (χ2v) is 10.4. The third-order valence-corrected chi connectivity index (χ3v) is 6.47. The lowest BCUT2D eigenvalue weighted by Gasteiger charge is -2.43. The molecule has 2 saturated heterocycles. The Morgan fingerprint density at radius 2 is 1.76 bits per heavy atom. The van der Waals surface area contributed by atoms with Crippen molar-refractivity contribution in [2.24, 2.45) is 23.0 Å². The summed E-state index contributed by atoms with van der Waals surface area (Å²) >= 11 is 0. The van der Waals surface area contributed by atoms with Crippen LogP contribution in [-0.2, 0) is 14.4 Å². The zero-order chi connectivity index (χ0) is 21.2. The van der Waals surface area contributed by atoms with Crippen LogP contribution in [0.25, 0.3) is 0 Å². The fourth-order valence-electron chi connectivity index (χ4n) is 4.70. The number of nitrogens with two attached hydrogens (primary N) is 1.